The van der Waals surface area contributed by atoms with Gasteiger partial charge in [0.15, 0.2) is 0 Å². The minimum Gasteiger partial charge on any atom is -0.394 e. The van der Waals surface area contributed by atoms with Crippen LogP contribution in [0.3, 0.4) is 0 Å². The van der Waals surface area contributed by atoms with E-state index in [1.165, 1.54) is 0 Å². The Bertz CT molecular complexity index is 59.5. The van der Waals surface area contributed by atoms with Gasteiger partial charge in [-0.3, -0.25) is 0 Å². The van der Waals surface area contributed by atoms with Crippen LogP contribution < -0.4 is 0 Å². The van der Waals surface area contributed by atoms with Gasteiger partial charge >= 0.3 is 0 Å². The molecule has 0 aromatic heterocycles. The zero-order chi connectivity index (χ0) is 5.82. The summed E-state index contributed by atoms with van der Waals surface area (Å²) in [4.78, 5) is 0. The first-order valence-electron chi connectivity index (χ1n) is 2.97. The zero-order valence-electron chi connectivity index (χ0n) is 4.84. The van der Waals surface area contributed by atoms with Crippen molar-refractivity contribution in [2.75, 3.05) is 13.2 Å². The second-order valence-electron chi connectivity index (χ2n) is 1.98. The van der Waals surface area contributed by atoms with Gasteiger partial charge in [0.25, 0.3) is 0 Å². The van der Waals surface area contributed by atoms with Crippen LogP contribution in [0.15, 0.2) is 0 Å². The molecule has 8 heavy (non-hydrogen) atoms. The van der Waals surface area contributed by atoms with Crippen molar-refractivity contribution >= 4 is 0 Å². The van der Waals surface area contributed by atoms with Gasteiger partial charge in [-0.05, 0) is 19.3 Å². The van der Waals surface area contributed by atoms with Crippen molar-refractivity contribution in [2.45, 2.75) is 18.9 Å². The molecule has 1 N–H and O–H groups in total. The third-order valence-corrected chi connectivity index (χ3v) is 1.30. The number of aliphatic hydroxyl groups excluding tert-OH is 1. The first-order valence-corrected chi connectivity index (χ1v) is 2.97. The van der Waals surface area contributed by atoms with Crippen LogP contribution in [-0.2, 0) is 4.74 Å². The quantitative estimate of drug-likeness (QED) is 0.575. The molecule has 0 atom stereocenters. The van der Waals surface area contributed by atoms with Crippen LogP contribution in [0.1, 0.15) is 12.8 Å². The van der Waals surface area contributed by atoms with Gasteiger partial charge in [-0.2, -0.15) is 0 Å². The lowest BCUT2D eigenvalue weighted by Gasteiger charge is -2.24. The van der Waals surface area contributed by atoms with Crippen LogP contribution in [0.4, 0.5) is 0 Å². The van der Waals surface area contributed by atoms with Gasteiger partial charge in [0.05, 0.1) is 19.3 Å². The Morgan fingerprint density at radius 3 is 2.75 bits per heavy atom. The standard InChI is InChI=1S/C6H11O2/c7-4-5-8-6-2-1-3-6/h1,6-7H,2-5H2. The molecular weight excluding hydrogens is 104 g/mol. The second-order valence-corrected chi connectivity index (χ2v) is 1.98. The Labute approximate surface area is 49.5 Å². The van der Waals surface area contributed by atoms with Gasteiger partial charge in [-0.1, -0.05) is 0 Å². The Morgan fingerprint density at radius 2 is 2.38 bits per heavy atom. The van der Waals surface area contributed by atoms with E-state index in [0.717, 1.165) is 12.8 Å². The fourth-order valence-electron chi connectivity index (χ4n) is 0.658. The van der Waals surface area contributed by atoms with Crippen LogP contribution in [0.5, 0.6) is 0 Å². The molecular formula is C6H11O2. The van der Waals surface area contributed by atoms with Gasteiger partial charge in [-0.15, -0.1) is 0 Å². The third-order valence-electron chi connectivity index (χ3n) is 1.30. The molecule has 0 aromatic carbocycles. The molecule has 0 heterocycles. The van der Waals surface area contributed by atoms with Crippen molar-refractivity contribution in [1.29, 1.82) is 0 Å². The maximum Gasteiger partial charge on any atom is 0.0701 e. The number of ether oxygens (including phenoxy) is 1. The van der Waals surface area contributed by atoms with Crippen molar-refractivity contribution < 1.29 is 9.84 Å². The summed E-state index contributed by atoms with van der Waals surface area (Å²) in [5.41, 5.74) is 0. The molecule has 0 amide bonds. The first-order chi connectivity index (χ1) is 3.93. The highest BCUT2D eigenvalue weighted by atomic mass is 16.5. The van der Waals surface area contributed by atoms with Gasteiger partial charge < -0.3 is 9.84 Å². The van der Waals surface area contributed by atoms with E-state index in [-0.39, 0.29) is 6.61 Å². The third kappa shape index (κ3) is 1.46. The monoisotopic (exact) mass is 115 g/mol. The minimum absolute atomic E-state index is 0.149. The molecule has 1 aliphatic rings. The molecule has 1 fully saturated rings. The summed E-state index contributed by atoms with van der Waals surface area (Å²) in [5, 5.41) is 8.30. The second kappa shape index (κ2) is 3.05. The van der Waals surface area contributed by atoms with Gasteiger partial charge in [0, 0.05) is 0 Å². The number of rotatable bonds is 3. The van der Waals surface area contributed by atoms with Gasteiger partial charge in [0.1, 0.15) is 0 Å². The van der Waals surface area contributed by atoms with Crippen LogP contribution in [0.2, 0.25) is 0 Å². The summed E-state index contributed by atoms with van der Waals surface area (Å²) in [5.74, 6) is 0. The number of hydrogen-bond acceptors (Lipinski definition) is 2. The summed E-state index contributed by atoms with van der Waals surface area (Å²) in [6.45, 7) is 0.648. The van der Waals surface area contributed by atoms with Crippen LogP contribution in [-0.4, -0.2) is 24.4 Å². The van der Waals surface area contributed by atoms with Crippen molar-refractivity contribution in [2.24, 2.45) is 0 Å². The molecule has 0 aromatic rings. The van der Waals surface area contributed by atoms with E-state index in [0.29, 0.717) is 12.7 Å². The summed E-state index contributed by atoms with van der Waals surface area (Å²) in [6.07, 6.45) is 4.74. The predicted molar refractivity (Wildman–Crippen MR) is 30.4 cm³/mol. The van der Waals surface area contributed by atoms with E-state index in [4.69, 9.17) is 9.84 Å². The Morgan fingerprint density at radius 1 is 1.62 bits per heavy atom. The lowest BCUT2D eigenvalue weighted by Crippen LogP contribution is -2.23. The Kier molecular flexibility index (Phi) is 2.30. The molecule has 47 valence electrons. The normalized spacial score (nSPS) is 20.6. The number of hydrogen-bond donors (Lipinski definition) is 1. The highest BCUT2D eigenvalue weighted by Crippen LogP contribution is 2.19. The Hall–Kier alpha value is -0.0800. The highest BCUT2D eigenvalue weighted by Gasteiger charge is 2.16. The summed E-state index contributed by atoms with van der Waals surface area (Å²) in [7, 11) is 0. The van der Waals surface area contributed by atoms with Crippen LogP contribution in [0.25, 0.3) is 0 Å². The lowest BCUT2D eigenvalue weighted by atomic mass is 9.96. The van der Waals surface area contributed by atoms with Crippen molar-refractivity contribution in [1.82, 2.24) is 0 Å². The van der Waals surface area contributed by atoms with E-state index in [1.54, 1.807) is 0 Å². The smallest absolute Gasteiger partial charge is 0.0701 e. The zero-order valence-corrected chi connectivity index (χ0v) is 4.84. The maximum atomic E-state index is 8.30. The van der Waals surface area contributed by atoms with Crippen molar-refractivity contribution in [3.8, 4) is 0 Å². The molecule has 0 aliphatic heterocycles. The van der Waals surface area contributed by atoms with E-state index in [9.17, 15) is 0 Å². The maximum absolute atomic E-state index is 8.30. The molecule has 2 nitrogen and oxygen atoms in total. The van der Waals surface area contributed by atoms with Gasteiger partial charge in [0.2, 0.25) is 0 Å². The molecule has 2 heteroatoms. The fourth-order valence-corrected chi connectivity index (χ4v) is 0.658. The van der Waals surface area contributed by atoms with Crippen LogP contribution in [0, 0.1) is 6.42 Å². The molecule has 0 unspecified atom stereocenters. The average Bonchev–Trinajstić information content (AvgIpc) is 1.63. The summed E-state index contributed by atoms with van der Waals surface area (Å²) in [6, 6.07) is 0. The summed E-state index contributed by atoms with van der Waals surface area (Å²) < 4.78 is 5.15. The molecule has 0 spiro atoms. The average molecular weight is 115 g/mol. The summed E-state index contributed by atoms with van der Waals surface area (Å²) >= 11 is 0. The molecule has 0 bridgehead atoms. The fraction of sp³-hybridized carbons (Fsp3) is 0.833. The SMILES string of the molecule is OCCOC1C[CH]C1. The molecule has 1 radical (unpaired) electrons. The van der Waals surface area contributed by atoms with E-state index >= 15 is 0 Å². The lowest BCUT2D eigenvalue weighted by molar-refractivity contribution is 0.00615. The van der Waals surface area contributed by atoms with E-state index < -0.39 is 0 Å². The van der Waals surface area contributed by atoms with E-state index in [2.05, 4.69) is 6.42 Å². The predicted octanol–water partition coefficient (Wildman–Crippen LogP) is 0.362. The molecule has 0 saturated heterocycles. The number of aliphatic hydroxyl groups is 1. The van der Waals surface area contributed by atoms with Gasteiger partial charge in [-0.25, -0.2) is 0 Å². The van der Waals surface area contributed by atoms with Crippen molar-refractivity contribution in [3.05, 3.63) is 6.42 Å². The van der Waals surface area contributed by atoms with E-state index in [1.807, 2.05) is 0 Å². The molecule has 1 aliphatic carbocycles. The first kappa shape index (κ1) is 6.05. The van der Waals surface area contributed by atoms with Crippen LogP contribution >= 0.6 is 0 Å². The largest absolute Gasteiger partial charge is 0.394 e. The highest BCUT2D eigenvalue weighted by molar-refractivity contribution is 4.86. The molecule has 1 saturated carbocycles. The molecule has 1 rings (SSSR count). The topological polar surface area (TPSA) is 29.5 Å². The van der Waals surface area contributed by atoms with Crippen molar-refractivity contribution in [3.63, 3.8) is 0 Å². The minimum atomic E-state index is 0.149. The Balaban J connectivity index is 1.86.